The minimum Gasteiger partial charge on any atom is -0.462 e. The Morgan fingerprint density at radius 2 is 0.836 bits per heavy atom. The Bertz CT molecular complexity index is 1410. The minimum atomic E-state index is -1.60. The molecule has 0 radical (unpaired) electrons. The van der Waals surface area contributed by atoms with Crippen LogP contribution in [0.5, 0.6) is 0 Å². The molecule has 0 saturated carbocycles. The Balaban J connectivity index is 2.27. The van der Waals surface area contributed by atoms with Crippen molar-refractivity contribution < 1.29 is 49.0 Å². The van der Waals surface area contributed by atoms with Crippen molar-refractivity contribution in [3.63, 3.8) is 0 Å². The zero-order valence-electron chi connectivity index (χ0n) is 41.9. The maximum absolute atomic E-state index is 12.9. The first-order valence-electron chi connectivity index (χ1n) is 26.3. The fraction of sp³-hybridized carbons (Fsp3) is 0.684. The Kier molecular flexibility index (Phi) is 42.6. The zero-order valence-corrected chi connectivity index (χ0v) is 41.9. The molecule has 6 unspecified atom stereocenters. The van der Waals surface area contributed by atoms with Gasteiger partial charge in [-0.1, -0.05) is 188 Å². The van der Waals surface area contributed by atoms with E-state index in [0.29, 0.717) is 12.8 Å². The summed E-state index contributed by atoms with van der Waals surface area (Å²) in [6, 6.07) is 0. The van der Waals surface area contributed by atoms with Gasteiger partial charge in [0.1, 0.15) is 31.0 Å². The lowest BCUT2D eigenvalue weighted by molar-refractivity contribution is -0.305. The molecule has 0 amide bonds. The highest BCUT2D eigenvalue weighted by molar-refractivity contribution is 5.70. The zero-order chi connectivity index (χ0) is 48.7. The predicted molar refractivity (Wildman–Crippen MR) is 274 cm³/mol. The van der Waals surface area contributed by atoms with Gasteiger partial charge in [-0.05, 0) is 89.9 Å². The average Bonchev–Trinajstić information content (AvgIpc) is 3.33. The predicted octanol–water partition coefficient (Wildman–Crippen LogP) is 12.7. The minimum absolute atomic E-state index is 0.213. The largest absolute Gasteiger partial charge is 0.462 e. The molecular formula is C57H94O10. The van der Waals surface area contributed by atoms with E-state index < -0.39 is 49.4 Å². The lowest BCUT2D eigenvalue weighted by Crippen LogP contribution is -2.59. The van der Waals surface area contributed by atoms with Gasteiger partial charge in [-0.2, -0.15) is 0 Å². The summed E-state index contributed by atoms with van der Waals surface area (Å²) in [5.41, 5.74) is 0. The molecule has 0 aliphatic carbocycles. The normalized spacial score (nSPS) is 19.9. The van der Waals surface area contributed by atoms with Crippen molar-refractivity contribution in [2.75, 3.05) is 19.8 Å². The smallest absolute Gasteiger partial charge is 0.306 e. The maximum Gasteiger partial charge on any atom is 0.306 e. The number of carbonyl (C=O) groups is 2. The Morgan fingerprint density at radius 1 is 0.463 bits per heavy atom. The number of unbranched alkanes of at least 4 members (excludes halogenated alkanes) is 16. The molecule has 0 bridgehead atoms. The molecule has 1 aliphatic rings. The van der Waals surface area contributed by atoms with Gasteiger partial charge in [0.25, 0.3) is 0 Å². The van der Waals surface area contributed by atoms with Crippen molar-refractivity contribution in [2.24, 2.45) is 0 Å². The number of aliphatic hydroxyl groups excluding tert-OH is 4. The van der Waals surface area contributed by atoms with Crippen LogP contribution in [-0.2, 0) is 28.5 Å². The molecular weight excluding hydrogens is 845 g/mol. The van der Waals surface area contributed by atoms with Crippen LogP contribution in [0, 0.1) is 0 Å². The van der Waals surface area contributed by atoms with Crippen molar-refractivity contribution in [3.05, 3.63) is 97.2 Å². The van der Waals surface area contributed by atoms with Crippen molar-refractivity contribution in [2.45, 2.75) is 230 Å². The molecule has 1 rings (SSSR count). The summed E-state index contributed by atoms with van der Waals surface area (Å²) < 4.78 is 22.3. The first-order chi connectivity index (χ1) is 32.8. The van der Waals surface area contributed by atoms with E-state index in [1.807, 2.05) is 0 Å². The lowest BCUT2D eigenvalue weighted by Gasteiger charge is -2.39. The fourth-order valence-electron chi connectivity index (χ4n) is 7.41. The Labute approximate surface area is 407 Å². The molecule has 67 heavy (non-hydrogen) atoms. The summed E-state index contributed by atoms with van der Waals surface area (Å²) in [5.74, 6) is -0.830. The van der Waals surface area contributed by atoms with Gasteiger partial charge in [0, 0.05) is 12.8 Å². The standard InChI is InChI=1S/C57H94O10/c1-3-5-7-9-11-13-15-17-19-21-23-25-27-29-31-33-35-37-39-41-43-45-52(59)64-48-50(49-65-57-56(63)55(62)54(61)51(47-58)67-57)66-53(60)46-44-42-40-38-36-34-32-30-28-26-24-22-20-18-16-14-12-10-8-6-4-2/h5-8,11-14,17-20,23-26,50-51,54-58,61-63H,3-4,9-10,15-16,21-22,27-49H2,1-2H3/b7-5-,8-6-,13-11-,14-12-,19-17-,20-18-,25-23-,26-24-. The van der Waals surface area contributed by atoms with Gasteiger partial charge in [0.2, 0.25) is 0 Å². The molecule has 4 N–H and O–H groups in total. The Hall–Kier alpha value is -3.38. The van der Waals surface area contributed by atoms with Crippen molar-refractivity contribution in [1.29, 1.82) is 0 Å². The number of hydrogen-bond donors (Lipinski definition) is 4. The van der Waals surface area contributed by atoms with Crippen LogP contribution in [0.3, 0.4) is 0 Å². The summed E-state index contributed by atoms with van der Waals surface area (Å²) >= 11 is 0. The van der Waals surface area contributed by atoms with Crippen LogP contribution in [0.15, 0.2) is 97.2 Å². The number of hydrogen-bond acceptors (Lipinski definition) is 10. The van der Waals surface area contributed by atoms with Gasteiger partial charge in [0.15, 0.2) is 12.4 Å². The maximum atomic E-state index is 12.9. The van der Waals surface area contributed by atoms with Crippen LogP contribution in [0.1, 0.15) is 194 Å². The van der Waals surface area contributed by atoms with Crippen LogP contribution in [0.4, 0.5) is 0 Å². The van der Waals surface area contributed by atoms with Crippen molar-refractivity contribution in [3.8, 4) is 0 Å². The summed E-state index contributed by atoms with van der Waals surface area (Å²) in [4.78, 5) is 25.5. The van der Waals surface area contributed by atoms with Crippen molar-refractivity contribution in [1.82, 2.24) is 0 Å². The van der Waals surface area contributed by atoms with E-state index in [-0.39, 0.29) is 32.0 Å². The van der Waals surface area contributed by atoms with Crippen LogP contribution < -0.4 is 0 Å². The third-order valence-electron chi connectivity index (χ3n) is 11.5. The van der Waals surface area contributed by atoms with E-state index in [9.17, 15) is 30.0 Å². The van der Waals surface area contributed by atoms with Crippen LogP contribution in [0.2, 0.25) is 0 Å². The summed E-state index contributed by atoms with van der Waals surface area (Å²) in [5, 5.41) is 40.3. The number of esters is 2. The molecule has 382 valence electrons. The van der Waals surface area contributed by atoms with Gasteiger partial charge in [0.05, 0.1) is 13.2 Å². The van der Waals surface area contributed by atoms with Crippen molar-refractivity contribution >= 4 is 11.9 Å². The van der Waals surface area contributed by atoms with Gasteiger partial charge in [-0.15, -0.1) is 0 Å². The third-order valence-corrected chi connectivity index (χ3v) is 11.5. The van der Waals surface area contributed by atoms with E-state index in [4.69, 9.17) is 18.9 Å². The number of allylic oxidation sites excluding steroid dienone is 16. The number of rotatable bonds is 43. The highest BCUT2D eigenvalue weighted by atomic mass is 16.7. The fourth-order valence-corrected chi connectivity index (χ4v) is 7.41. The molecule has 1 saturated heterocycles. The topological polar surface area (TPSA) is 152 Å². The molecule has 1 aliphatic heterocycles. The molecule has 1 fully saturated rings. The van der Waals surface area contributed by atoms with Gasteiger partial charge < -0.3 is 39.4 Å². The van der Waals surface area contributed by atoms with Crippen LogP contribution in [0.25, 0.3) is 0 Å². The molecule has 0 spiro atoms. The second-order valence-electron chi connectivity index (χ2n) is 17.6. The Morgan fingerprint density at radius 3 is 1.25 bits per heavy atom. The highest BCUT2D eigenvalue weighted by Crippen LogP contribution is 2.23. The second kappa shape index (κ2) is 46.4. The van der Waals surface area contributed by atoms with E-state index in [2.05, 4.69) is 111 Å². The first-order valence-corrected chi connectivity index (χ1v) is 26.3. The third kappa shape index (κ3) is 37.2. The molecule has 10 nitrogen and oxygen atoms in total. The highest BCUT2D eigenvalue weighted by Gasteiger charge is 2.44. The number of carbonyl (C=O) groups excluding carboxylic acids is 2. The summed E-state index contributed by atoms with van der Waals surface area (Å²) in [6.45, 7) is 3.19. The second-order valence-corrected chi connectivity index (χ2v) is 17.6. The molecule has 0 aromatic rings. The SMILES string of the molecule is CC/C=C\C/C=C\C/C=C\C/C=C\CCCCCCCCCCC(=O)OCC(COC1OC(CO)C(O)C(O)C1O)OC(=O)CCCCCCCCCC/C=C\C/C=C\C/C=C\C/C=C\CC. The molecule has 1 heterocycles. The number of ether oxygens (including phenoxy) is 4. The molecule has 6 atom stereocenters. The first kappa shape index (κ1) is 61.6. The molecule has 0 aromatic heterocycles. The quantitative estimate of drug-likeness (QED) is 0.0264. The van der Waals surface area contributed by atoms with Gasteiger partial charge in [-0.3, -0.25) is 9.59 Å². The average molecular weight is 939 g/mol. The molecule has 10 heteroatoms. The van der Waals surface area contributed by atoms with Crippen LogP contribution in [-0.4, -0.2) is 89.0 Å². The monoisotopic (exact) mass is 939 g/mol. The van der Waals surface area contributed by atoms with E-state index >= 15 is 0 Å². The van der Waals surface area contributed by atoms with E-state index in [0.717, 1.165) is 103 Å². The molecule has 0 aromatic carbocycles. The van der Waals surface area contributed by atoms with Gasteiger partial charge >= 0.3 is 11.9 Å². The number of aliphatic hydroxyl groups is 4. The summed E-state index contributed by atoms with van der Waals surface area (Å²) in [7, 11) is 0. The lowest BCUT2D eigenvalue weighted by atomic mass is 9.99. The van der Waals surface area contributed by atoms with E-state index in [1.54, 1.807) is 0 Å². The van der Waals surface area contributed by atoms with E-state index in [1.165, 1.54) is 51.4 Å². The summed E-state index contributed by atoms with van der Waals surface area (Å²) in [6.07, 6.45) is 55.5. The van der Waals surface area contributed by atoms with Gasteiger partial charge in [-0.25, -0.2) is 0 Å². The van der Waals surface area contributed by atoms with Crippen LogP contribution >= 0.6 is 0 Å².